The zero-order valence-corrected chi connectivity index (χ0v) is 17.4. The molecule has 152 valence electrons. The highest BCUT2D eigenvalue weighted by atomic mass is 16.5. The van der Waals surface area contributed by atoms with Gasteiger partial charge in [-0.2, -0.15) is 0 Å². The van der Waals surface area contributed by atoms with Crippen molar-refractivity contribution in [2.24, 2.45) is 0 Å². The molecule has 0 fully saturated rings. The summed E-state index contributed by atoms with van der Waals surface area (Å²) in [5.74, 6) is -0.252. The standard InChI is InChI=1S/C27H26O3/c1-3-19(18-20-12-7-5-6-8-13-21(4-2)29-27(20)28)22-15-11-16-24-23-14-9-10-17-25(23)30-26(22)24/h3,5-6,8-11,13-18,21H,4,7,12H2,1-2H3/b6-5-,13-8-,19-3+,20-18+. The van der Waals surface area contributed by atoms with Crippen molar-refractivity contribution in [3.8, 4) is 0 Å². The Morgan fingerprint density at radius 3 is 2.77 bits per heavy atom. The number of benzene rings is 2. The third-order valence-corrected chi connectivity index (χ3v) is 5.43. The van der Waals surface area contributed by atoms with Gasteiger partial charge in [-0.3, -0.25) is 0 Å². The number of fused-ring (bicyclic) bond motifs is 3. The van der Waals surface area contributed by atoms with Crippen LogP contribution >= 0.6 is 0 Å². The Morgan fingerprint density at radius 1 is 1.10 bits per heavy atom. The molecule has 1 aromatic heterocycles. The third-order valence-electron chi connectivity index (χ3n) is 5.43. The van der Waals surface area contributed by atoms with Crippen molar-refractivity contribution in [1.29, 1.82) is 0 Å². The van der Waals surface area contributed by atoms with E-state index in [1.54, 1.807) is 0 Å². The first-order chi connectivity index (χ1) is 14.7. The van der Waals surface area contributed by atoms with E-state index < -0.39 is 0 Å². The fraction of sp³-hybridized carbons (Fsp3) is 0.222. The highest BCUT2D eigenvalue weighted by Gasteiger charge is 2.18. The van der Waals surface area contributed by atoms with Crippen molar-refractivity contribution in [1.82, 2.24) is 0 Å². The molecular weight excluding hydrogens is 372 g/mol. The van der Waals surface area contributed by atoms with Gasteiger partial charge in [0.1, 0.15) is 17.3 Å². The molecule has 3 aromatic rings. The molecule has 0 spiro atoms. The molecule has 0 saturated heterocycles. The number of esters is 1. The molecule has 3 nitrogen and oxygen atoms in total. The van der Waals surface area contributed by atoms with Gasteiger partial charge in [-0.25, -0.2) is 4.79 Å². The number of carbonyl (C=O) groups excluding carboxylic acids is 1. The number of furan rings is 1. The lowest BCUT2D eigenvalue weighted by Crippen LogP contribution is -2.17. The molecule has 0 radical (unpaired) electrons. The molecule has 2 heterocycles. The van der Waals surface area contributed by atoms with Crippen LogP contribution in [0.3, 0.4) is 0 Å². The molecule has 0 saturated carbocycles. The summed E-state index contributed by atoms with van der Waals surface area (Å²) >= 11 is 0. The molecule has 0 amide bonds. The number of hydrogen-bond donors (Lipinski definition) is 0. The summed E-state index contributed by atoms with van der Waals surface area (Å²) in [6.45, 7) is 4.00. The second-order valence-corrected chi connectivity index (χ2v) is 7.40. The molecule has 1 aliphatic heterocycles. The predicted molar refractivity (Wildman–Crippen MR) is 123 cm³/mol. The average molecular weight is 399 g/mol. The maximum absolute atomic E-state index is 12.9. The first kappa shape index (κ1) is 20.0. The lowest BCUT2D eigenvalue weighted by molar-refractivity contribution is -0.142. The second-order valence-electron chi connectivity index (χ2n) is 7.40. The van der Waals surface area contributed by atoms with Gasteiger partial charge < -0.3 is 9.15 Å². The zero-order valence-electron chi connectivity index (χ0n) is 17.4. The monoisotopic (exact) mass is 398 g/mol. The Kier molecular flexibility index (Phi) is 5.99. The predicted octanol–water partition coefficient (Wildman–Crippen LogP) is 7.14. The van der Waals surface area contributed by atoms with Gasteiger partial charge in [0.05, 0.1) is 0 Å². The van der Waals surface area contributed by atoms with Gasteiger partial charge in [0, 0.05) is 21.9 Å². The van der Waals surface area contributed by atoms with Crippen molar-refractivity contribution >= 4 is 33.5 Å². The van der Waals surface area contributed by atoms with Gasteiger partial charge in [0.2, 0.25) is 0 Å². The van der Waals surface area contributed by atoms with Crippen LogP contribution < -0.4 is 0 Å². The Morgan fingerprint density at radius 2 is 1.93 bits per heavy atom. The van der Waals surface area contributed by atoms with Gasteiger partial charge in [0.25, 0.3) is 0 Å². The van der Waals surface area contributed by atoms with Crippen LogP contribution in [-0.2, 0) is 9.53 Å². The van der Waals surface area contributed by atoms with Gasteiger partial charge in [-0.05, 0) is 50.0 Å². The largest absolute Gasteiger partial charge is 0.455 e. The van der Waals surface area contributed by atoms with Crippen LogP contribution in [0.4, 0.5) is 0 Å². The first-order valence-corrected chi connectivity index (χ1v) is 10.5. The first-order valence-electron chi connectivity index (χ1n) is 10.5. The number of hydrogen-bond acceptors (Lipinski definition) is 3. The third kappa shape index (κ3) is 4.02. The van der Waals surface area contributed by atoms with Gasteiger partial charge in [0.15, 0.2) is 0 Å². The van der Waals surface area contributed by atoms with Crippen LogP contribution in [0.15, 0.2) is 88.9 Å². The highest BCUT2D eigenvalue weighted by molar-refractivity contribution is 6.09. The van der Waals surface area contributed by atoms with E-state index >= 15 is 0 Å². The van der Waals surface area contributed by atoms with E-state index in [-0.39, 0.29) is 12.1 Å². The molecule has 30 heavy (non-hydrogen) atoms. The Labute approximate surface area is 177 Å². The van der Waals surface area contributed by atoms with Crippen LogP contribution in [0.5, 0.6) is 0 Å². The Balaban J connectivity index is 1.76. The van der Waals surface area contributed by atoms with E-state index in [1.165, 1.54) is 0 Å². The van der Waals surface area contributed by atoms with Crippen LogP contribution in [0.2, 0.25) is 0 Å². The van der Waals surface area contributed by atoms with Gasteiger partial charge in [-0.15, -0.1) is 0 Å². The SMILES string of the molecule is C/C=C(\C=C1/CC/C=C\C=C/C(CC)OC1=O)c1cccc2c1oc1ccccc12. The molecule has 1 aliphatic rings. The molecule has 3 heteroatoms. The van der Waals surface area contributed by atoms with Crippen LogP contribution in [-0.4, -0.2) is 12.1 Å². The smallest absolute Gasteiger partial charge is 0.334 e. The summed E-state index contributed by atoms with van der Waals surface area (Å²) in [5.41, 5.74) is 4.31. The van der Waals surface area contributed by atoms with E-state index in [4.69, 9.17) is 9.15 Å². The van der Waals surface area contributed by atoms with Crippen molar-refractivity contribution in [2.75, 3.05) is 0 Å². The van der Waals surface area contributed by atoms with Crippen molar-refractivity contribution in [2.45, 2.75) is 39.2 Å². The average Bonchev–Trinajstić information content (AvgIpc) is 3.16. The minimum Gasteiger partial charge on any atom is -0.455 e. The Bertz CT molecular complexity index is 1190. The van der Waals surface area contributed by atoms with Crippen LogP contribution in [0.25, 0.3) is 27.5 Å². The lowest BCUT2D eigenvalue weighted by atomic mass is 9.98. The lowest BCUT2D eigenvalue weighted by Gasteiger charge is -2.15. The Hall–Kier alpha value is -3.33. The zero-order chi connectivity index (χ0) is 20.9. The van der Waals surface area contributed by atoms with E-state index in [0.717, 1.165) is 45.9 Å². The summed E-state index contributed by atoms with van der Waals surface area (Å²) in [6, 6.07) is 14.2. The van der Waals surface area contributed by atoms with Crippen molar-refractivity contribution in [3.05, 3.63) is 90.1 Å². The van der Waals surface area contributed by atoms with Gasteiger partial charge in [-0.1, -0.05) is 67.6 Å². The maximum Gasteiger partial charge on any atom is 0.334 e. The summed E-state index contributed by atoms with van der Waals surface area (Å²) in [5, 5.41) is 2.17. The van der Waals surface area contributed by atoms with E-state index in [2.05, 4.69) is 18.2 Å². The molecule has 0 bridgehead atoms. The molecule has 4 rings (SSSR count). The number of allylic oxidation sites excluding steroid dienone is 6. The topological polar surface area (TPSA) is 39.4 Å². The van der Waals surface area contributed by atoms with Crippen LogP contribution in [0, 0.1) is 0 Å². The summed E-state index contributed by atoms with van der Waals surface area (Å²) < 4.78 is 11.9. The molecule has 2 aromatic carbocycles. The molecule has 0 aliphatic carbocycles. The molecule has 1 unspecified atom stereocenters. The fourth-order valence-electron chi connectivity index (χ4n) is 3.79. The molecule has 0 N–H and O–H groups in total. The summed E-state index contributed by atoms with van der Waals surface area (Å²) in [6.07, 6.45) is 13.9. The number of cyclic esters (lactones) is 1. The number of rotatable bonds is 3. The van der Waals surface area contributed by atoms with Crippen LogP contribution in [0.1, 0.15) is 38.7 Å². The maximum atomic E-state index is 12.9. The summed E-state index contributed by atoms with van der Waals surface area (Å²) in [7, 11) is 0. The summed E-state index contributed by atoms with van der Waals surface area (Å²) in [4.78, 5) is 12.9. The number of ether oxygens (including phenoxy) is 1. The van der Waals surface area contributed by atoms with E-state index in [0.29, 0.717) is 12.0 Å². The van der Waals surface area contributed by atoms with Crippen molar-refractivity contribution in [3.63, 3.8) is 0 Å². The van der Waals surface area contributed by atoms with Crippen molar-refractivity contribution < 1.29 is 13.9 Å². The van der Waals surface area contributed by atoms with E-state index in [1.807, 2.05) is 74.6 Å². The minimum absolute atomic E-state index is 0.212. The molecule has 1 atom stereocenters. The normalized spacial score (nSPS) is 21.7. The second kappa shape index (κ2) is 9.00. The van der Waals surface area contributed by atoms with E-state index in [9.17, 15) is 4.79 Å². The highest BCUT2D eigenvalue weighted by Crippen LogP contribution is 2.34. The minimum atomic E-state index is -0.252. The van der Waals surface area contributed by atoms with Gasteiger partial charge >= 0.3 is 5.97 Å². The quantitative estimate of drug-likeness (QED) is 0.347. The number of para-hydroxylation sites is 2. The molecular formula is C27H26O3. The number of carbonyl (C=O) groups is 1. The fourth-order valence-corrected chi connectivity index (χ4v) is 3.79.